The van der Waals surface area contributed by atoms with Crippen LogP contribution in [0, 0.1) is 11.8 Å². The van der Waals surface area contributed by atoms with E-state index in [4.69, 9.17) is 4.74 Å². The number of aromatic nitrogens is 1. The zero-order valence-corrected chi connectivity index (χ0v) is 8.73. The van der Waals surface area contributed by atoms with E-state index in [0.717, 1.165) is 18.2 Å². The molecule has 15 heavy (non-hydrogen) atoms. The summed E-state index contributed by atoms with van der Waals surface area (Å²) in [5.41, 5.74) is 0. The summed E-state index contributed by atoms with van der Waals surface area (Å²) in [7, 11) is 0. The highest BCUT2D eigenvalue weighted by Gasteiger charge is 2.40. The van der Waals surface area contributed by atoms with Gasteiger partial charge in [0.25, 0.3) is 0 Å². The van der Waals surface area contributed by atoms with Gasteiger partial charge in [-0.05, 0) is 37.4 Å². The summed E-state index contributed by atoms with van der Waals surface area (Å²) in [6.07, 6.45) is 6.49. The maximum Gasteiger partial charge on any atom is 0.138 e. The van der Waals surface area contributed by atoms with Crippen molar-refractivity contribution in [2.75, 3.05) is 13.1 Å². The molecule has 0 radical (unpaired) electrons. The van der Waals surface area contributed by atoms with E-state index in [1.807, 2.05) is 12.1 Å². The second kappa shape index (κ2) is 3.81. The second-order valence-electron chi connectivity index (χ2n) is 4.50. The molecule has 2 fully saturated rings. The Kier molecular flexibility index (Phi) is 2.33. The predicted molar refractivity (Wildman–Crippen MR) is 57.7 cm³/mol. The molecule has 3 atom stereocenters. The molecule has 0 amide bonds. The van der Waals surface area contributed by atoms with Crippen LogP contribution in [0.1, 0.15) is 12.8 Å². The highest BCUT2D eigenvalue weighted by Crippen LogP contribution is 2.36. The Morgan fingerprint density at radius 1 is 1.33 bits per heavy atom. The summed E-state index contributed by atoms with van der Waals surface area (Å²) in [6.45, 7) is 2.30. The minimum Gasteiger partial charge on any atom is -0.488 e. The van der Waals surface area contributed by atoms with Gasteiger partial charge in [-0.25, -0.2) is 0 Å². The van der Waals surface area contributed by atoms with E-state index < -0.39 is 0 Å². The molecule has 1 aromatic heterocycles. The van der Waals surface area contributed by atoms with Gasteiger partial charge in [-0.1, -0.05) is 0 Å². The van der Waals surface area contributed by atoms with Crippen LogP contribution in [0.5, 0.6) is 5.75 Å². The number of hydrogen-bond acceptors (Lipinski definition) is 3. The molecule has 80 valence electrons. The summed E-state index contributed by atoms with van der Waals surface area (Å²) in [4.78, 5) is 4.07. The molecule has 0 aromatic carbocycles. The third kappa shape index (κ3) is 1.72. The maximum atomic E-state index is 5.99. The van der Waals surface area contributed by atoms with Crippen LogP contribution in [0.4, 0.5) is 0 Å². The largest absolute Gasteiger partial charge is 0.488 e. The lowest BCUT2D eigenvalue weighted by atomic mass is 9.99. The third-order valence-corrected chi connectivity index (χ3v) is 3.61. The topological polar surface area (TPSA) is 34.1 Å². The fourth-order valence-corrected chi connectivity index (χ4v) is 2.83. The molecule has 3 heteroatoms. The summed E-state index contributed by atoms with van der Waals surface area (Å²) >= 11 is 0. The number of fused-ring (bicyclic) bond motifs is 1. The predicted octanol–water partition coefficient (Wildman–Crippen LogP) is 1.46. The van der Waals surface area contributed by atoms with Crippen LogP contribution >= 0.6 is 0 Å². The molecule has 1 aliphatic carbocycles. The fraction of sp³-hybridized carbons (Fsp3) is 0.583. The molecule has 1 saturated heterocycles. The summed E-state index contributed by atoms with van der Waals surface area (Å²) in [6, 6.07) is 3.91. The van der Waals surface area contributed by atoms with Crippen LogP contribution in [-0.2, 0) is 0 Å². The van der Waals surface area contributed by atoms with E-state index in [2.05, 4.69) is 10.3 Å². The van der Waals surface area contributed by atoms with Gasteiger partial charge in [0.2, 0.25) is 0 Å². The van der Waals surface area contributed by atoms with Crippen LogP contribution in [-0.4, -0.2) is 24.2 Å². The molecule has 1 aromatic rings. The Labute approximate surface area is 89.9 Å². The zero-order chi connectivity index (χ0) is 10.1. The monoisotopic (exact) mass is 204 g/mol. The molecule has 1 N–H and O–H groups in total. The first-order valence-electron chi connectivity index (χ1n) is 5.71. The smallest absolute Gasteiger partial charge is 0.138 e. The van der Waals surface area contributed by atoms with E-state index in [0.29, 0.717) is 12.0 Å². The second-order valence-corrected chi connectivity index (χ2v) is 4.50. The fourth-order valence-electron chi connectivity index (χ4n) is 2.83. The molecule has 0 spiro atoms. The van der Waals surface area contributed by atoms with E-state index in [9.17, 15) is 0 Å². The van der Waals surface area contributed by atoms with Gasteiger partial charge in [-0.3, -0.25) is 4.98 Å². The van der Waals surface area contributed by atoms with Gasteiger partial charge in [0.1, 0.15) is 11.9 Å². The number of ether oxygens (including phenoxy) is 1. The van der Waals surface area contributed by atoms with Gasteiger partial charge >= 0.3 is 0 Å². The van der Waals surface area contributed by atoms with Gasteiger partial charge in [0.05, 0.1) is 6.20 Å². The molecular formula is C12H16N2O. The van der Waals surface area contributed by atoms with Crippen LogP contribution in [0.2, 0.25) is 0 Å². The minimum absolute atomic E-state index is 0.397. The van der Waals surface area contributed by atoms with Crippen molar-refractivity contribution in [3.8, 4) is 5.75 Å². The number of rotatable bonds is 2. The van der Waals surface area contributed by atoms with Crippen molar-refractivity contribution >= 4 is 0 Å². The van der Waals surface area contributed by atoms with Crippen molar-refractivity contribution in [3.05, 3.63) is 24.5 Å². The molecule has 2 heterocycles. The molecule has 3 nitrogen and oxygen atoms in total. The lowest BCUT2D eigenvalue weighted by Crippen LogP contribution is -2.26. The summed E-state index contributed by atoms with van der Waals surface area (Å²) in [5.74, 6) is 2.46. The highest BCUT2D eigenvalue weighted by atomic mass is 16.5. The molecule has 1 aliphatic heterocycles. The van der Waals surface area contributed by atoms with Crippen molar-refractivity contribution in [2.24, 2.45) is 11.8 Å². The normalized spacial score (nSPS) is 34.0. The number of hydrogen-bond donors (Lipinski definition) is 1. The van der Waals surface area contributed by atoms with Gasteiger partial charge < -0.3 is 10.1 Å². The number of nitrogens with zero attached hydrogens (tertiary/aromatic N) is 1. The maximum absolute atomic E-state index is 5.99. The number of nitrogens with one attached hydrogen (secondary N) is 1. The average molecular weight is 204 g/mol. The Hall–Kier alpha value is -1.09. The van der Waals surface area contributed by atoms with Crippen LogP contribution < -0.4 is 10.1 Å². The first-order valence-corrected chi connectivity index (χ1v) is 5.71. The number of pyridine rings is 1. The van der Waals surface area contributed by atoms with Gasteiger partial charge in [-0.2, -0.15) is 0 Å². The standard InChI is InChI=1S/C12H16N2O/c1-2-10(7-13-5-1)15-12-4-3-9-6-14-8-11(9)12/h1-2,5,7,9,11-12,14H,3-4,6,8H2/t9-,11+,12-/m1/s1. The molecular weight excluding hydrogens is 188 g/mol. The minimum atomic E-state index is 0.397. The lowest BCUT2D eigenvalue weighted by molar-refractivity contribution is 0.158. The Morgan fingerprint density at radius 2 is 2.33 bits per heavy atom. The third-order valence-electron chi connectivity index (χ3n) is 3.61. The van der Waals surface area contributed by atoms with Gasteiger partial charge in [0, 0.05) is 18.7 Å². The first-order chi connectivity index (χ1) is 7.43. The SMILES string of the molecule is c1cncc(O[C@@H]2CC[C@@H]3CNC[C@@H]32)c1. The van der Waals surface area contributed by atoms with Gasteiger partial charge in [0.15, 0.2) is 0 Å². The van der Waals surface area contributed by atoms with Crippen LogP contribution in [0.25, 0.3) is 0 Å². The van der Waals surface area contributed by atoms with Gasteiger partial charge in [-0.15, -0.1) is 0 Å². The average Bonchev–Trinajstić information content (AvgIpc) is 2.85. The van der Waals surface area contributed by atoms with Crippen molar-refractivity contribution in [3.63, 3.8) is 0 Å². The highest BCUT2D eigenvalue weighted by molar-refractivity contribution is 5.16. The van der Waals surface area contributed by atoms with Crippen molar-refractivity contribution in [1.29, 1.82) is 0 Å². The zero-order valence-electron chi connectivity index (χ0n) is 8.73. The van der Waals surface area contributed by atoms with Crippen molar-refractivity contribution in [2.45, 2.75) is 18.9 Å². The van der Waals surface area contributed by atoms with Crippen molar-refractivity contribution < 1.29 is 4.74 Å². The quantitative estimate of drug-likeness (QED) is 0.792. The lowest BCUT2D eigenvalue weighted by Gasteiger charge is -2.19. The molecule has 0 unspecified atom stereocenters. The van der Waals surface area contributed by atoms with E-state index in [1.165, 1.54) is 19.4 Å². The van der Waals surface area contributed by atoms with E-state index in [-0.39, 0.29) is 0 Å². The Bertz CT molecular complexity index is 328. The molecule has 2 aliphatic rings. The summed E-state index contributed by atoms with van der Waals surface area (Å²) < 4.78 is 5.99. The van der Waals surface area contributed by atoms with Crippen LogP contribution in [0.3, 0.4) is 0 Å². The Balaban J connectivity index is 1.69. The van der Waals surface area contributed by atoms with Crippen molar-refractivity contribution in [1.82, 2.24) is 10.3 Å². The molecule has 0 bridgehead atoms. The summed E-state index contributed by atoms with van der Waals surface area (Å²) in [5, 5.41) is 3.44. The molecule has 1 saturated carbocycles. The van der Waals surface area contributed by atoms with Crippen LogP contribution in [0.15, 0.2) is 24.5 Å². The first kappa shape index (κ1) is 9.16. The van der Waals surface area contributed by atoms with E-state index in [1.54, 1.807) is 12.4 Å². The van der Waals surface area contributed by atoms with E-state index >= 15 is 0 Å². The Morgan fingerprint density at radius 3 is 3.20 bits per heavy atom. The molecule has 3 rings (SSSR count).